The first kappa shape index (κ1) is 14.2. The molecule has 1 aliphatic rings. The molecular formula is C15H17N3O2S. The van der Waals surface area contributed by atoms with Crippen LogP contribution in [0.1, 0.15) is 27.4 Å². The average Bonchev–Trinajstić information content (AvgIpc) is 2.76. The summed E-state index contributed by atoms with van der Waals surface area (Å²) in [5.74, 6) is -0.888. The first-order valence-electron chi connectivity index (χ1n) is 6.81. The molecular weight excluding hydrogens is 286 g/mol. The topological polar surface area (TPSA) is 58.4 Å². The minimum atomic E-state index is -0.888. The highest BCUT2D eigenvalue weighted by atomic mass is 32.2. The summed E-state index contributed by atoms with van der Waals surface area (Å²) in [6.45, 7) is 3.71. The van der Waals surface area contributed by atoms with Crippen molar-refractivity contribution >= 4 is 17.9 Å². The van der Waals surface area contributed by atoms with Gasteiger partial charge in [0.2, 0.25) is 0 Å². The maximum Gasteiger partial charge on any atom is 0.352 e. The Morgan fingerprint density at radius 1 is 1.48 bits per heavy atom. The molecule has 2 aromatic heterocycles. The van der Waals surface area contributed by atoms with Gasteiger partial charge in [0.25, 0.3) is 0 Å². The third-order valence-electron chi connectivity index (χ3n) is 3.86. The molecule has 2 aromatic rings. The van der Waals surface area contributed by atoms with Crippen molar-refractivity contribution < 1.29 is 9.90 Å². The van der Waals surface area contributed by atoms with E-state index in [9.17, 15) is 9.90 Å². The zero-order chi connectivity index (χ0) is 15.0. The maximum absolute atomic E-state index is 11.2. The fourth-order valence-electron chi connectivity index (χ4n) is 2.53. The Morgan fingerprint density at radius 3 is 3.00 bits per heavy atom. The third-order valence-corrected chi connectivity index (χ3v) is 5.04. The van der Waals surface area contributed by atoms with E-state index in [1.807, 2.05) is 19.2 Å². The summed E-state index contributed by atoms with van der Waals surface area (Å²) >= 11 is 1.63. The third kappa shape index (κ3) is 2.69. The summed E-state index contributed by atoms with van der Waals surface area (Å²) in [4.78, 5) is 16.6. The fraction of sp³-hybridized carbons (Fsp3) is 0.333. The van der Waals surface area contributed by atoms with Crippen LogP contribution in [0, 0.1) is 6.92 Å². The molecule has 0 saturated heterocycles. The number of aromatic carboxylic acids is 1. The largest absolute Gasteiger partial charge is 0.477 e. The van der Waals surface area contributed by atoms with Crippen LogP contribution in [0.2, 0.25) is 0 Å². The Balaban J connectivity index is 1.80. The van der Waals surface area contributed by atoms with Gasteiger partial charge < -0.3 is 9.67 Å². The molecule has 0 radical (unpaired) electrons. The van der Waals surface area contributed by atoms with Crippen LogP contribution >= 0.6 is 11.9 Å². The second-order valence-electron chi connectivity index (χ2n) is 5.16. The number of aromatic nitrogens is 2. The highest BCUT2D eigenvalue weighted by molar-refractivity contribution is 7.97. The molecule has 0 bridgehead atoms. The lowest BCUT2D eigenvalue weighted by Gasteiger charge is -2.26. The van der Waals surface area contributed by atoms with Gasteiger partial charge in [0.1, 0.15) is 5.69 Å². The van der Waals surface area contributed by atoms with Crippen molar-refractivity contribution in [2.75, 3.05) is 6.54 Å². The molecule has 110 valence electrons. The Labute approximate surface area is 127 Å². The van der Waals surface area contributed by atoms with Crippen molar-refractivity contribution in [2.45, 2.75) is 24.8 Å². The monoisotopic (exact) mass is 303 g/mol. The van der Waals surface area contributed by atoms with E-state index in [0.717, 1.165) is 30.1 Å². The number of carboxylic acid groups (broad SMARTS) is 1. The Hall–Kier alpha value is -1.79. The number of pyridine rings is 1. The molecule has 1 N–H and O–H groups in total. The number of hydrogen-bond acceptors (Lipinski definition) is 4. The van der Waals surface area contributed by atoms with Crippen molar-refractivity contribution in [1.29, 1.82) is 0 Å². The van der Waals surface area contributed by atoms with Crippen molar-refractivity contribution in [3.05, 3.63) is 47.0 Å². The van der Waals surface area contributed by atoms with Gasteiger partial charge in [-0.15, -0.1) is 0 Å². The van der Waals surface area contributed by atoms with E-state index in [-0.39, 0.29) is 0 Å². The second kappa shape index (κ2) is 5.54. The van der Waals surface area contributed by atoms with Crippen LogP contribution in [0.3, 0.4) is 0 Å². The minimum absolute atomic E-state index is 0.328. The fourth-order valence-corrected chi connectivity index (χ4v) is 3.62. The molecule has 0 aliphatic carbocycles. The molecule has 0 atom stereocenters. The molecule has 3 rings (SSSR count). The van der Waals surface area contributed by atoms with Gasteiger partial charge in [-0.2, -0.15) is 0 Å². The number of carbonyl (C=O) groups is 1. The highest BCUT2D eigenvalue weighted by Crippen LogP contribution is 2.32. The Kier molecular flexibility index (Phi) is 3.73. The molecule has 0 fully saturated rings. The normalized spacial score (nSPS) is 15.0. The van der Waals surface area contributed by atoms with Gasteiger partial charge in [-0.25, -0.2) is 9.10 Å². The smallest absolute Gasteiger partial charge is 0.352 e. The predicted molar refractivity (Wildman–Crippen MR) is 81.3 cm³/mol. The van der Waals surface area contributed by atoms with E-state index in [4.69, 9.17) is 0 Å². The number of fused-ring (bicyclic) bond motifs is 1. The maximum atomic E-state index is 11.2. The molecule has 21 heavy (non-hydrogen) atoms. The zero-order valence-corrected chi connectivity index (χ0v) is 12.9. The van der Waals surface area contributed by atoms with Gasteiger partial charge in [0, 0.05) is 49.0 Å². The molecule has 6 heteroatoms. The van der Waals surface area contributed by atoms with Crippen LogP contribution in [0.4, 0.5) is 0 Å². The van der Waals surface area contributed by atoms with Crippen LogP contribution in [0.5, 0.6) is 0 Å². The standard InChI is InChI=1S/C15H17N3O2S/c1-10-14(8-13(15(19)20)17(10)2)21-18-7-5-12-11(9-18)4-3-6-16-12/h3-4,6,8H,5,7,9H2,1-2H3,(H,19,20). The lowest BCUT2D eigenvalue weighted by molar-refractivity contribution is 0.0686. The van der Waals surface area contributed by atoms with E-state index in [0.29, 0.717) is 5.69 Å². The summed E-state index contributed by atoms with van der Waals surface area (Å²) in [6.07, 6.45) is 2.77. The van der Waals surface area contributed by atoms with Gasteiger partial charge in [0.05, 0.1) is 0 Å². The van der Waals surface area contributed by atoms with Crippen molar-refractivity contribution in [3.63, 3.8) is 0 Å². The predicted octanol–water partition coefficient (Wildman–Crippen LogP) is 2.49. The lowest BCUT2D eigenvalue weighted by Crippen LogP contribution is -2.25. The van der Waals surface area contributed by atoms with Crippen LogP contribution in [0.15, 0.2) is 29.3 Å². The number of carboxylic acids is 1. The first-order valence-corrected chi connectivity index (χ1v) is 7.59. The van der Waals surface area contributed by atoms with Gasteiger partial charge in [-0.3, -0.25) is 4.98 Å². The van der Waals surface area contributed by atoms with Gasteiger partial charge in [-0.1, -0.05) is 6.07 Å². The van der Waals surface area contributed by atoms with Crippen molar-refractivity contribution in [2.24, 2.45) is 7.05 Å². The summed E-state index contributed by atoms with van der Waals surface area (Å²) in [7, 11) is 1.79. The first-order chi connectivity index (χ1) is 10.1. The summed E-state index contributed by atoms with van der Waals surface area (Å²) in [5.41, 5.74) is 3.73. The summed E-state index contributed by atoms with van der Waals surface area (Å²) in [5, 5.41) is 9.19. The van der Waals surface area contributed by atoms with Gasteiger partial charge in [0.15, 0.2) is 0 Å². The van der Waals surface area contributed by atoms with Crippen LogP contribution in [-0.4, -0.2) is 31.5 Å². The quantitative estimate of drug-likeness (QED) is 0.883. The van der Waals surface area contributed by atoms with E-state index in [2.05, 4.69) is 15.4 Å². The highest BCUT2D eigenvalue weighted by Gasteiger charge is 2.21. The SMILES string of the molecule is Cc1c(SN2CCc3ncccc3C2)cc(C(=O)O)n1C. The van der Waals surface area contributed by atoms with Crippen molar-refractivity contribution in [3.8, 4) is 0 Å². The molecule has 0 amide bonds. The lowest BCUT2D eigenvalue weighted by atomic mass is 10.1. The molecule has 1 aliphatic heterocycles. The molecule has 0 saturated carbocycles. The summed E-state index contributed by atoms with van der Waals surface area (Å²) < 4.78 is 3.99. The zero-order valence-electron chi connectivity index (χ0n) is 12.0. The van der Waals surface area contributed by atoms with Crippen molar-refractivity contribution in [1.82, 2.24) is 13.9 Å². The van der Waals surface area contributed by atoms with Crippen LogP contribution in [0.25, 0.3) is 0 Å². The van der Waals surface area contributed by atoms with Gasteiger partial charge >= 0.3 is 5.97 Å². The average molecular weight is 303 g/mol. The van der Waals surface area contributed by atoms with Crippen LogP contribution in [-0.2, 0) is 20.0 Å². The van der Waals surface area contributed by atoms with E-state index < -0.39 is 5.97 Å². The second-order valence-corrected chi connectivity index (χ2v) is 6.30. The van der Waals surface area contributed by atoms with Gasteiger partial charge in [-0.05, 0) is 36.6 Å². The number of nitrogens with zero attached hydrogens (tertiary/aromatic N) is 3. The Bertz CT molecular complexity index is 696. The molecule has 0 spiro atoms. The van der Waals surface area contributed by atoms with E-state index >= 15 is 0 Å². The molecule has 0 aromatic carbocycles. The Morgan fingerprint density at radius 2 is 2.29 bits per heavy atom. The summed E-state index contributed by atoms with van der Waals surface area (Å²) in [6, 6.07) is 5.82. The van der Waals surface area contributed by atoms with Crippen LogP contribution < -0.4 is 0 Å². The number of hydrogen-bond donors (Lipinski definition) is 1. The molecule has 5 nitrogen and oxygen atoms in total. The van der Waals surface area contributed by atoms with E-state index in [1.165, 1.54) is 11.3 Å². The minimum Gasteiger partial charge on any atom is -0.477 e. The van der Waals surface area contributed by atoms with E-state index in [1.54, 1.807) is 29.6 Å². The molecule has 0 unspecified atom stereocenters. The number of rotatable bonds is 3. The molecule has 3 heterocycles.